The Morgan fingerprint density at radius 2 is 0.519 bits per heavy atom. The molecular weight excluding hydrogens is 1300 g/mol. The van der Waals surface area contributed by atoms with Crippen molar-refractivity contribution in [2.75, 3.05) is 9.80 Å². The lowest BCUT2D eigenvalue weighted by molar-refractivity contribution is 0.645. The van der Waals surface area contributed by atoms with E-state index in [1.54, 1.807) is 0 Å². The lowest BCUT2D eigenvalue weighted by atomic mass is 9.67. The minimum absolute atomic E-state index is 0.258. The van der Waals surface area contributed by atoms with Crippen LogP contribution in [0.4, 0.5) is 34.1 Å². The number of para-hydroxylation sites is 1. The average molecular weight is 1380 g/mol. The fourth-order valence-corrected chi connectivity index (χ4v) is 20.9. The highest BCUT2D eigenvalue weighted by Gasteiger charge is 2.41. The van der Waals surface area contributed by atoms with Crippen molar-refractivity contribution in [1.82, 2.24) is 0 Å². The van der Waals surface area contributed by atoms with Crippen LogP contribution in [0.2, 0.25) is 0 Å². The van der Waals surface area contributed by atoms with Gasteiger partial charge in [-0.3, -0.25) is 0 Å². The van der Waals surface area contributed by atoms with Crippen LogP contribution in [0.5, 0.6) is 0 Å². The Kier molecular flexibility index (Phi) is 13.1. The predicted molar refractivity (Wildman–Crippen MR) is 459 cm³/mol. The molecular formula is C106H78N2. The van der Waals surface area contributed by atoms with E-state index in [-0.39, 0.29) is 21.7 Å². The third kappa shape index (κ3) is 8.66. The molecule has 512 valence electrons. The molecule has 4 aliphatic carbocycles. The van der Waals surface area contributed by atoms with E-state index in [0.717, 1.165) is 34.1 Å². The van der Waals surface area contributed by atoms with E-state index in [2.05, 4.69) is 393 Å². The molecule has 22 rings (SSSR count). The van der Waals surface area contributed by atoms with Crippen LogP contribution in [0.3, 0.4) is 0 Å². The molecule has 0 radical (unpaired) electrons. The summed E-state index contributed by atoms with van der Waals surface area (Å²) >= 11 is 0. The normalized spacial score (nSPS) is 14.8. The van der Waals surface area contributed by atoms with Crippen molar-refractivity contribution in [3.63, 3.8) is 0 Å². The third-order valence-corrected chi connectivity index (χ3v) is 25.9. The van der Waals surface area contributed by atoms with E-state index in [1.165, 1.54) is 187 Å². The second-order valence-corrected chi connectivity index (χ2v) is 33.0. The summed E-state index contributed by atoms with van der Waals surface area (Å²) in [5, 5.41) is 17.5. The second-order valence-electron chi connectivity index (χ2n) is 33.0. The molecule has 0 N–H and O–H groups in total. The lowest BCUT2D eigenvalue weighted by Gasteiger charge is -2.36. The summed E-state index contributed by atoms with van der Waals surface area (Å²) in [6, 6.07) is 126. The van der Waals surface area contributed by atoms with Crippen molar-refractivity contribution in [1.29, 1.82) is 0 Å². The maximum atomic E-state index is 2.57. The fourth-order valence-electron chi connectivity index (χ4n) is 20.9. The molecule has 2 heteroatoms. The molecule has 0 amide bonds. The Hall–Kier alpha value is -12.6. The van der Waals surface area contributed by atoms with Gasteiger partial charge in [-0.25, -0.2) is 0 Å². The van der Waals surface area contributed by atoms with Gasteiger partial charge in [0, 0.05) is 55.8 Å². The lowest BCUT2D eigenvalue weighted by Crippen LogP contribution is -2.23. The van der Waals surface area contributed by atoms with Crippen LogP contribution >= 0.6 is 0 Å². The molecule has 0 fully saturated rings. The van der Waals surface area contributed by atoms with Crippen LogP contribution in [0.15, 0.2) is 328 Å². The van der Waals surface area contributed by atoms with Gasteiger partial charge in [0.2, 0.25) is 0 Å². The van der Waals surface area contributed by atoms with Crippen molar-refractivity contribution in [2.45, 2.75) is 77.0 Å². The maximum absolute atomic E-state index is 2.57. The van der Waals surface area contributed by atoms with Crippen molar-refractivity contribution in [3.05, 3.63) is 372 Å². The monoisotopic (exact) mass is 1380 g/mol. The number of hydrogen-bond acceptors (Lipinski definition) is 2. The highest BCUT2D eigenvalue weighted by Crippen LogP contribution is 2.60. The zero-order valence-electron chi connectivity index (χ0n) is 62.1. The highest BCUT2D eigenvalue weighted by atomic mass is 15.1. The molecule has 18 aromatic rings. The summed E-state index contributed by atoms with van der Waals surface area (Å²) < 4.78 is 0. The topological polar surface area (TPSA) is 6.48 Å². The van der Waals surface area contributed by atoms with E-state index >= 15 is 0 Å². The molecule has 0 aromatic heterocycles. The van der Waals surface area contributed by atoms with Gasteiger partial charge >= 0.3 is 0 Å². The SMILES string of the molecule is CC1(C)c2cc(N(c3ccccc3)c3ccc4c(-c5ccc6c7c(cccc57)C(C)(C)c5ccccc5-6)c5cc(N(c6ccc7c(c6)C(C)(C)c6c-7ccc7ccccc67)c6ccc7ccccc7c6)ccc5c(-c5ccc6c7c(cccc57)C(C)(C)c5ccccc5-6)c4c3)ccc2-c2ccc3ccccc3c21. The van der Waals surface area contributed by atoms with Gasteiger partial charge in [0.15, 0.2) is 0 Å². The minimum atomic E-state index is -0.284. The highest BCUT2D eigenvalue weighted by molar-refractivity contribution is 6.28. The molecule has 0 atom stereocenters. The standard InChI is InChI=1S/C106H78N2/c1-103(2)91-36-20-18-32-75(91)81-54-56-83(79-34-22-38-93(103)99(79)81)97-86-53-47-70(108(68-43-40-63-24-12-13-27-66(63)58-68)72-45-51-78-88-49-42-65-26-15-17-31-74(65)102(88)106(7,8)96(78)62-72)60-90(86)98(84-57-55-82-76-33-19-21-37-92(76)104(3,4)94-39-23-35-80(84)100(82)94)85-52-46-69(59-89(85)97)107(67-28-10-9-11-29-67)71-44-50-77-87-48-41-64-25-14-16-30-73(64)101(87)105(5,6)95(77)61-71/h9-62H,1-8H3. The number of fused-ring (bicyclic) bond motifs is 17. The van der Waals surface area contributed by atoms with Crippen molar-refractivity contribution in [3.8, 4) is 66.8 Å². The first-order valence-electron chi connectivity index (χ1n) is 38.5. The first kappa shape index (κ1) is 62.7. The summed E-state index contributed by atoms with van der Waals surface area (Å²) in [5.74, 6) is 0. The van der Waals surface area contributed by atoms with Crippen molar-refractivity contribution >= 4 is 110 Å². The molecule has 0 unspecified atom stereocenters. The van der Waals surface area contributed by atoms with Gasteiger partial charge in [0.25, 0.3) is 0 Å². The molecule has 0 saturated heterocycles. The first-order valence-corrected chi connectivity index (χ1v) is 38.5. The summed E-state index contributed by atoms with van der Waals surface area (Å²) in [7, 11) is 0. The average Bonchev–Trinajstić information content (AvgIpc) is 0.934. The van der Waals surface area contributed by atoms with Gasteiger partial charge in [0.05, 0.1) is 0 Å². The molecule has 18 aromatic carbocycles. The Morgan fingerprint density at radius 3 is 1.03 bits per heavy atom. The summed E-state index contributed by atoms with van der Waals surface area (Å²) in [6.45, 7) is 19.4. The Morgan fingerprint density at radius 1 is 0.176 bits per heavy atom. The molecule has 108 heavy (non-hydrogen) atoms. The minimum Gasteiger partial charge on any atom is -0.310 e. The number of nitrogens with zero attached hydrogens (tertiary/aromatic N) is 2. The van der Waals surface area contributed by atoms with Crippen LogP contribution in [0.25, 0.3) is 142 Å². The number of rotatable bonds is 8. The van der Waals surface area contributed by atoms with Crippen LogP contribution in [-0.4, -0.2) is 0 Å². The summed E-state index contributed by atoms with van der Waals surface area (Å²) in [4.78, 5) is 5.07. The van der Waals surface area contributed by atoms with Gasteiger partial charge in [-0.1, -0.05) is 310 Å². The van der Waals surface area contributed by atoms with Gasteiger partial charge in [-0.05, 0) is 259 Å². The molecule has 2 nitrogen and oxygen atoms in total. The van der Waals surface area contributed by atoms with Gasteiger partial charge in [-0.15, -0.1) is 0 Å². The van der Waals surface area contributed by atoms with Gasteiger partial charge < -0.3 is 9.80 Å². The van der Waals surface area contributed by atoms with E-state index < -0.39 is 0 Å². The zero-order chi connectivity index (χ0) is 72.4. The Bertz CT molecular complexity index is 7000. The number of hydrogen-bond donors (Lipinski definition) is 0. The van der Waals surface area contributed by atoms with E-state index in [0.29, 0.717) is 0 Å². The summed E-state index contributed by atoms with van der Waals surface area (Å²) in [5.41, 5.74) is 31.6. The summed E-state index contributed by atoms with van der Waals surface area (Å²) in [6.07, 6.45) is 0. The predicted octanol–water partition coefficient (Wildman–Crippen LogP) is 29.3. The smallest absolute Gasteiger partial charge is 0.0468 e. The Balaban J connectivity index is 0.859. The molecule has 0 spiro atoms. The molecule has 0 heterocycles. The zero-order valence-corrected chi connectivity index (χ0v) is 62.1. The van der Waals surface area contributed by atoms with Crippen LogP contribution < -0.4 is 9.80 Å². The van der Waals surface area contributed by atoms with E-state index in [9.17, 15) is 0 Å². The third-order valence-electron chi connectivity index (χ3n) is 25.9. The van der Waals surface area contributed by atoms with Crippen LogP contribution in [0.1, 0.15) is 99.9 Å². The number of benzene rings is 18. The molecule has 4 aliphatic rings. The van der Waals surface area contributed by atoms with Crippen molar-refractivity contribution in [2.24, 2.45) is 0 Å². The fraction of sp³-hybridized carbons (Fsp3) is 0.113. The van der Waals surface area contributed by atoms with Gasteiger partial charge in [0.1, 0.15) is 0 Å². The van der Waals surface area contributed by atoms with E-state index in [1.807, 2.05) is 0 Å². The largest absolute Gasteiger partial charge is 0.310 e. The maximum Gasteiger partial charge on any atom is 0.0468 e. The first-order chi connectivity index (χ1) is 52.6. The molecule has 0 bridgehead atoms. The number of anilines is 6. The second kappa shape index (κ2) is 22.5. The molecule has 0 aliphatic heterocycles. The van der Waals surface area contributed by atoms with Crippen LogP contribution in [0, 0.1) is 0 Å². The molecule has 0 saturated carbocycles. The van der Waals surface area contributed by atoms with Gasteiger partial charge in [-0.2, -0.15) is 0 Å². The van der Waals surface area contributed by atoms with Crippen molar-refractivity contribution < 1.29 is 0 Å². The van der Waals surface area contributed by atoms with Crippen LogP contribution in [-0.2, 0) is 21.7 Å². The Labute approximate surface area is 631 Å². The quantitative estimate of drug-likeness (QED) is 0.140. The van der Waals surface area contributed by atoms with E-state index in [4.69, 9.17) is 0 Å².